The lowest BCUT2D eigenvalue weighted by atomic mass is 9.95. The average Bonchev–Trinajstić information content (AvgIpc) is 2.76. The van der Waals surface area contributed by atoms with Crippen molar-refractivity contribution in [2.24, 2.45) is 5.41 Å². The lowest BCUT2D eigenvalue weighted by Crippen LogP contribution is -2.50. The van der Waals surface area contributed by atoms with Gasteiger partial charge in [0.15, 0.2) is 6.61 Å². The van der Waals surface area contributed by atoms with Crippen LogP contribution in [-0.2, 0) is 9.59 Å². The van der Waals surface area contributed by atoms with Gasteiger partial charge in [0.25, 0.3) is 5.91 Å². The third-order valence-corrected chi connectivity index (χ3v) is 5.36. The lowest BCUT2D eigenvalue weighted by Gasteiger charge is -2.36. The minimum Gasteiger partial charge on any atom is -0.484 e. The predicted molar refractivity (Wildman–Crippen MR) is 120 cm³/mol. The average molecular weight is 428 g/mol. The van der Waals surface area contributed by atoms with Gasteiger partial charge in [0, 0.05) is 44.3 Å². The standard InChI is InChI=1S/C24H30FN3O3/c1-24(2,3)23(30)26(4)18-9-11-19(12-10-18)31-17-22(29)28-15-13-27(14-16-28)21-8-6-5-7-20(21)25/h5-12H,13-17H2,1-4H3. The van der Waals surface area contributed by atoms with E-state index in [1.54, 1.807) is 53.2 Å². The minimum absolute atomic E-state index is 0.0193. The molecule has 1 saturated heterocycles. The summed E-state index contributed by atoms with van der Waals surface area (Å²) in [6, 6.07) is 13.8. The van der Waals surface area contributed by atoms with E-state index in [0.29, 0.717) is 37.6 Å². The molecule has 0 radical (unpaired) electrons. The molecule has 3 rings (SSSR count). The summed E-state index contributed by atoms with van der Waals surface area (Å²) in [5, 5.41) is 0. The molecular formula is C24H30FN3O3. The van der Waals surface area contributed by atoms with Gasteiger partial charge in [-0.1, -0.05) is 32.9 Å². The van der Waals surface area contributed by atoms with Crippen LogP contribution in [0, 0.1) is 11.2 Å². The number of nitrogens with zero attached hydrogens (tertiary/aromatic N) is 3. The van der Waals surface area contributed by atoms with Crippen molar-refractivity contribution in [2.75, 3.05) is 49.6 Å². The van der Waals surface area contributed by atoms with Crippen molar-refractivity contribution >= 4 is 23.2 Å². The van der Waals surface area contributed by atoms with Crippen LogP contribution >= 0.6 is 0 Å². The third-order valence-electron chi connectivity index (χ3n) is 5.36. The highest BCUT2D eigenvalue weighted by atomic mass is 19.1. The smallest absolute Gasteiger partial charge is 0.260 e. The topological polar surface area (TPSA) is 53.1 Å². The van der Waals surface area contributed by atoms with Crippen LogP contribution in [0.1, 0.15) is 20.8 Å². The van der Waals surface area contributed by atoms with Crippen LogP contribution < -0.4 is 14.5 Å². The number of anilines is 2. The number of rotatable bonds is 5. The highest BCUT2D eigenvalue weighted by Crippen LogP contribution is 2.24. The maximum atomic E-state index is 14.0. The van der Waals surface area contributed by atoms with Gasteiger partial charge >= 0.3 is 0 Å². The molecule has 0 saturated carbocycles. The summed E-state index contributed by atoms with van der Waals surface area (Å²) >= 11 is 0. The normalized spacial score (nSPS) is 14.4. The highest BCUT2D eigenvalue weighted by molar-refractivity contribution is 5.96. The summed E-state index contributed by atoms with van der Waals surface area (Å²) in [5.74, 6) is 0.241. The number of ether oxygens (including phenoxy) is 1. The first-order chi connectivity index (χ1) is 14.7. The number of piperazine rings is 1. The minimum atomic E-state index is -0.466. The largest absolute Gasteiger partial charge is 0.484 e. The van der Waals surface area contributed by atoms with E-state index in [2.05, 4.69) is 0 Å². The predicted octanol–water partition coefficient (Wildman–Crippen LogP) is 3.56. The SMILES string of the molecule is CN(C(=O)C(C)(C)C)c1ccc(OCC(=O)N2CCN(c3ccccc3F)CC2)cc1. The lowest BCUT2D eigenvalue weighted by molar-refractivity contribution is -0.133. The van der Waals surface area contributed by atoms with Crippen LogP contribution in [0.5, 0.6) is 5.75 Å². The Labute approximate surface area is 183 Å². The van der Waals surface area contributed by atoms with Crippen molar-refractivity contribution in [1.82, 2.24) is 4.90 Å². The van der Waals surface area contributed by atoms with Crippen molar-refractivity contribution in [2.45, 2.75) is 20.8 Å². The van der Waals surface area contributed by atoms with Crippen molar-refractivity contribution in [3.05, 3.63) is 54.3 Å². The summed E-state index contributed by atoms with van der Waals surface area (Å²) in [4.78, 5) is 30.2. The summed E-state index contributed by atoms with van der Waals surface area (Å²) in [6.07, 6.45) is 0. The van der Waals surface area contributed by atoms with Gasteiger partial charge in [-0.15, -0.1) is 0 Å². The van der Waals surface area contributed by atoms with Gasteiger partial charge in [-0.2, -0.15) is 0 Å². The molecular weight excluding hydrogens is 397 g/mol. The zero-order valence-electron chi connectivity index (χ0n) is 18.6. The van der Waals surface area contributed by atoms with E-state index in [1.165, 1.54) is 6.07 Å². The Morgan fingerprint density at radius 2 is 1.61 bits per heavy atom. The molecule has 1 aliphatic heterocycles. The Morgan fingerprint density at radius 3 is 2.19 bits per heavy atom. The molecule has 1 aliphatic rings. The number of para-hydroxylation sites is 1. The molecule has 31 heavy (non-hydrogen) atoms. The highest BCUT2D eigenvalue weighted by Gasteiger charge is 2.26. The van der Waals surface area contributed by atoms with E-state index >= 15 is 0 Å². The van der Waals surface area contributed by atoms with E-state index < -0.39 is 5.41 Å². The van der Waals surface area contributed by atoms with Crippen molar-refractivity contribution in [3.8, 4) is 5.75 Å². The first-order valence-corrected chi connectivity index (χ1v) is 10.4. The summed E-state index contributed by atoms with van der Waals surface area (Å²) in [6.45, 7) is 7.78. The van der Waals surface area contributed by atoms with Gasteiger partial charge < -0.3 is 19.4 Å². The second kappa shape index (κ2) is 9.37. The quantitative estimate of drug-likeness (QED) is 0.732. The molecule has 2 amide bonds. The van der Waals surface area contributed by atoms with E-state index in [0.717, 1.165) is 5.69 Å². The first-order valence-electron chi connectivity index (χ1n) is 10.4. The first kappa shape index (κ1) is 22.6. The Kier molecular flexibility index (Phi) is 6.83. The van der Waals surface area contributed by atoms with Crippen LogP contribution in [0.2, 0.25) is 0 Å². The molecule has 2 aromatic rings. The number of carbonyl (C=O) groups is 2. The number of hydrogen-bond acceptors (Lipinski definition) is 4. The number of hydrogen-bond donors (Lipinski definition) is 0. The molecule has 0 spiro atoms. The third kappa shape index (κ3) is 5.54. The molecule has 0 unspecified atom stereocenters. The number of carbonyl (C=O) groups excluding carboxylic acids is 2. The maximum absolute atomic E-state index is 14.0. The van der Waals surface area contributed by atoms with Crippen LogP contribution in [-0.4, -0.2) is 56.5 Å². The molecule has 7 heteroatoms. The van der Waals surface area contributed by atoms with Gasteiger partial charge in [-0.05, 0) is 36.4 Å². The fourth-order valence-electron chi connectivity index (χ4n) is 3.53. The molecule has 0 bridgehead atoms. The molecule has 0 N–H and O–H groups in total. The van der Waals surface area contributed by atoms with Crippen molar-refractivity contribution in [1.29, 1.82) is 0 Å². The summed E-state index contributed by atoms with van der Waals surface area (Å²) < 4.78 is 19.6. The molecule has 1 fully saturated rings. The second-order valence-corrected chi connectivity index (χ2v) is 8.72. The Hall–Kier alpha value is -3.09. The van der Waals surface area contributed by atoms with E-state index in [-0.39, 0.29) is 24.2 Å². The molecule has 166 valence electrons. The van der Waals surface area contributed by atoms with Crippen molar-refractivity contribution < 1.29 is 18.7 Å². The molecule has 0 atom stereocenters. The maximum Gasteiger partial charge on any atom is 0.260 e. The number of amides is 2. The summed E-state index contributed by atoms with van der Waals surface area (Å²) in [7, 11) is 1.74. The van der Waals surface area contributed by atoms with E-state index in [4.69, 9.17) is 4.74 Å². The fourth-order valence-corrected chi connectivity index (χ4v) is 3.53. The van der Waals surface area contributed by atoms with Gasteiger partial charge in [-0.25, -0.2) is 4.39 Å². The Bertz CT molecular complexity index is 916. The van der Waals surface area contributed by atoms with E-state index in [9.17, 15) is 14.0 Å². The zero-order valence-corrected chi connectivity index (χ0v) is 18.6. The molecule has 0 aliphatic carbocycles. The monoisotopic (exact) mass is 427 g/mol. The Balaban J connectivity index is 1.49. The van der Waals surface area contributed by atoms with Crippen molar-refractivity contribution in [3.63, 3.8) is 0 Å². The zero-order chi connectivity index (χ0) is 22.6. The molecule has 2 aromatic carbocycles. The molecule has 1 heterocycles. The molecule has 0 aromatic heterocycles. The van der Waals surface area contributed by atoms with Crippen LogP contribution in [0.15, 0.2) is 48.5 Å². The number of halogens is 1. The van der Waals surface area contributed by atoms with Gasteiger partial charge in [0.2, 0.25) is 5.91 Å². The van der Waals surface area contributed by atoms with Crippen LogP contribution in [0.4, 0.5) is 15.8 Å². The van der Waals surface area contributed by atoms with Gasteiger partial charge in [-0.3, -0.25) is 9.59 Å². The van der Waals surface area contributed by atoms with Gasteiger partial charge in [0.1, 0.15) is 11.6 Å². The van der Waals surface area contributed by atoms with Gasteiger partial charge in [0.05, 0.1) is 5.69 Å². The fraction of sp³-hybridized carbons (Fsp3) is 0.417. The molecule has 6 nitrogen and oxygen atoms in total. The van der Waals surface area contributed by atoms with E-state index in [1.807, 2.05) is 31.7 Å². The van der Waals surface area contributed by atoms with Crippen LogP contribution in [0.3, 0.4) is 0 Å². The summed E-state index contributed by atoms with van der Waals surface area (Å²) in [5.41, 5.74) is 0.871. The van der Waals surface area contributed by atoms with Crippen LogP contribution in [0.25, 0.3) is 0 Å². The Morgan fingerprint density at radius 1 is 1.00 bits per heavy atom. The number of benzene rings is 2. The second-order valence-electron chi connectivity index (χ2n) is 8.72.